The highest BCUT2D eigenvalue weighted by molar-refractivity contribution is 7.89. The van der Waals surface area contributed by atoms with Gasteiger partial charge in [0, 0.05) is 17.4 Å². The van der Waals surface area contributed by atoms with Gasteiger partial charge in [-0.2, -0.15) is 0 Å². The zero-order valence-electron chi connectivity index (χ0n) is 14.2. The van der Waals surface area contributed by atoms with Crippen LogP contribution < -0.4 is 15.4 Å². The van der Waals surface area contributed by atoms with Gasteiger partial charge in [-0.15, -0.1) is 0 Å². The van der Waals surface area contributed by atoms with E-state index in [0.29, 0.717) is 6.42 Å². The van der Waals surface area contributed by atoms with Crippen molar-refractivity contribution in [2.75, 3.05) is 16.8 Å². The largest absolute Gasteiger partial charge is 0.359 e. The average molecular weight is 359 g/mol. The molecule has 1 heterocycles. The Morgan fingerprint density at radius 3 is 2.56 bits per heavy atom. The van der Waals surface area contributed by atoms with Crippen LogP contribution in [0.25, 0.3) is 0 Å². The van der Waals surface area contributed by atoms with E-state index in [-0.39, 0.29) is 23.4 Å². The van der Waals surface area contributed by atoms with Crippen LogP contribution in [0.4, 0.5) is 11.4 Å². The van der Waals surface area contributed by atoms with Gasteiger partial charge in [0.05, 0.1) is 11.4 Å². The number of aryl methyl sites for hydroxylation is 1. The zero-order chi connectivity index (χ0) is 18.2. The van der Waals surface area contributed by atoms with E-state index in [0.717, 1.165) is 22.5 Å². The molecule has 0 unspecified atom stereocenters. The Bertz CT molecular complexity index is 908. The highest BCUT2D eigenvalue weighted by Gasteiger charge is 2.28. The molecule has 6 nitrogen and oxygen atoms in total. The fourth-order valence-electron chi connectivity index (χ4n) is 3.08. The summed E-state index contributed by atoms with van der Waals surface area (Å²) in [6, 6.07) is 12.5. The highest BCUT2D eigenvalue weighted by Crippen LogP contribution is 2.33. The van der Waals surface area contributed by atoms with Gasteiger partial charge in [-0.3, -0.25) is 4.79 Å². The first-order valence-corrected chi connectivity index (χ1v) is 9.57. The van der Waals surface area contributed by atoms with Crippen molar-refractivity contribution in [1.29, 1.82) is 0 Å². The molecule has 0 spiro atoms. The van der Waals surface area contributed by atoms with Gasteiger partial charge >= 0.3 is 0 Å². The van der Waals surface area contributed by atoms with Crippen LogP contribution in [0.2, 0.25) is 0 Å². The number of hydrogen-bond donors (Lipinski definition) is 2. The predicted molar refractivity (Wildman–Crippen MR) is 98.1 cm³/mol. The number of carbonyl (C=O) groups excluding carboxylic acids is 1. The van der Waals surface area contributed by atoms with Gasteiger partial charge < -0.3 is 10.2 Å². The molecule has 1 aliphatic heterocycles. The molecule has 7 heteroatoms. The van der Waals surface area contributed by atoms with Crippen LogP contribution in [0.3, 0.4) is 0 Å². The van der Waals surface area contributed by atoms with Gasteiger partial charge in [-0.1, -0.05) is 17.7 Å². The van der Waals surface area contributed by atoms with Crippen molar-refractivity contribution in [1.82, 2.24) is 0 Å². The smallest absolute Gasteiger partial charge is 0.243 e. The molecule has 0 radical (unpaired) electrons. The quantitative estimate of drug-likeness (QED) is 0.874. The van der Waals surface area contributed by atoms with Crippen molar-refractivity contribution in [2.24, 2.45) is 5.14 Å². The molecule has 3 N–H and O–H groups in total. The molecule has 0 aliphatic carbocycles. The molecule has 3 rings (SSSR count). The number of carbonyl (C=O) groups is 1. The molecule has 0 bridgehead atoms. The van der Waals surface area contributed by atoms with Crippen molar-refractivity contribution in [3.05, 3.63) is 53.6 Å². The number of rotatable bonds is 4. The standard InChI is InChI=1S/C18H21N3O3S/c1-12-3-5-15(6-4-12)20-18(22)11-21-13(2)9-14-10-16(25(19,23)24)7-8-17(14)21/h3-8,10,13H,9,11H2,1-2H3,(H,20,22)(H2,19,23,24)/t13-/m0/s1. The summed E-state index contributed by atoms with van der Waals surface area (Å²) in [5.74, 6) is -0.112. The van der Waals surface area contributed by atoms with Crippen LogP contribution in [0, 0.1) is 6.92 Å². The monoisotopic (exact) mass is 359 g/mol. The molecule has 1 atom stereocenters. The van der Waals surface area contributed by atoms with Crippen LogP contribution in [0.5, 0.6) is 0 Å². The number of fused-ring (bicyclic) bond motifs is 1. The molecule has 0 fully saturated rings. The minimum Gasteiger partial charge on any atom is -0.359 e. The fraction of sp³-hybridized carbons (Fsp3) is 0.278. The van der Waals surface area contributed by atoms with Crippen LogP contribution in [-0.2, 0) is 21.2 Å². The number of benzene rings is 2. The van der Waals surface area contributed by atoms with Gasteiger partial charge in [-0.05, 0) is 56.2 Å². The molecule has 2 aromatic carbocycles. The van der Waals surface area contributed by atoms with Crippen LogP contribution >= 0.6 is 0 Å². The molecule has 25 heavy (non-hydrogen) atoms. The van der Waals surface area contributed by atoms with Gasteiger partial charge in [-0.25, -0.2) is 13.6 Å². The summed E-state index contributed by atoms with van der Waals surface area (Å²) in [4.78, 5) is 14.4. The van der Waals surface area contributed by atoms with E-state index in [1.165, 1.54) is 6.07 Å². The normalized spacial score (nSPS) is 16.6. The lowest BCUT2D eigenvalue weighted by atomic mass is 10.1. The van der Waals surface area contributed by atoms with Gasteiger partial charge in [0.15, 0.2) is 0 Å². The molecule has 0 saturated carbocycles. The van der Waals surface area contributed by atoms with E-state index in [9.17, 15) is 13.2 Å². The van der Waals surface area contributed by atoms with E-state index in [1.807, 2.05) is 43.0 Å². The Kier molecular flexibility index (Phi) is 4.53. The average Bonchev–Trinajstić information content (AvgIpc) is 2.84. The lowest BCUT2D eigenvalue weighted by Crippen LogP contribution is -2.37. The van der Waals surface area contributed by atoms with Crippen LogP contribution in [0.1, 0.15) is 18.1 Å². The zero-order valence-corrected chi connectivity index (χ0v) is 15.0. The Morgan fingerprint density at radius 1 is 1.24 bits per heavy atom. The third kappa shape index (κ3) is 3.83. The maximum absolute atomic E-state index is 12.4. The summed E-state index contributed by atoms with van der Waals surface area (Å²) in [5.41, 5.74) is 3.65. The number of nitrogens with two attached hydrogens (primary N) is 1. The van der Waals surface area contributed by atoms with E-state index in [4.69, 9.17) is 5.14 Å². The summed E-state index contributed by atoms with van der Waals surface area (Å²) in [5, 5.41) is 8.08. The van der Waals surface area contributed by atoms with E-state index >= 15 is 0 Å². The summed E-state index contributed by atoms with van der Waals surface area (Å²) >= 11 is 0. The number of primary sulfonamides is 1. The number of anilines is 2. The van der Waals surface area contributed by atoms with Crippen LogP contribution in [0.15, 0.2) is 47.4 Å². The molecule has 0 aromatic heterocycles. The number of sulfonamides is 1. The van der Waals surface area contributed by atoms with Gasteiger partial charge in [0.25, 0.3) is 0 Å². The van der Waals surface area contributed by atoms with Crippen molar-refractivity contribution in [3.63, 3.8) is 0 Å². The van der Waals surface area contributed by atoms with E-state index in [2.05, 4.69) is 5.32 Å². The Hall–Kier alpha value is -2.38. The Labute approximate surface area is 147 Å². The Morgan fingerprint density at radius 2 is 1.92 bits per heavy atom. The lowest BCUT2D eigenvalue weighted by molar-refractivity contribution is -0.115. The summed E-state index contributed by atoms with van der Waals surface area (Å²) in [6.07, 6.45) is 0.677. The second kappa shape index (κ2) is 6.50. The lowest BCUT2D eigenvalue weighted by Gasteiger charge is -2.24. The SMILES string of the molecule is Cc1ccc(NC(=O)CN2c3ccc(S(N)(=O)=O)cc3C[C@@H]2C)cc1. The summed E-state index contributed by atoms with van der Waals surface area (Å²) in [7, 11) is -3.72. The molecule has 1 amide bonds. The minimum atomic E-state index is -3.72. The minimum absolute atomic E-state index is 0.101. The van der Waals surface area contributed by atoms with E-state index < -0.39 is 10.0 Å². The third-order valence-electron chi connectivity index (χ3n) is 4.39. The van der Waals surface area contributed by atoms with Crippen molar-refractivity contribution < 1.29 is 13.2 Å². The van der Waals surface area contributed by atoms with Crippen molar-refractivity contribution in [3.8, 4) is 0 Å². The summed E-state index contributed by atoms with van der Waals surface area (Å²) < 4.78 is 23.0. The molecular weight excluding hydrogens is 338 g/mol. The topological polar surface area (TPSA) is 92.5 Å². The number of hydrogen-bond acceptors (Lipinski definition) is 4. The highest BCUT2D eigenvalue weighted by atomic mass is 32.2. The molecule has 1 aliphatic rings. The first-order chi connectivity index (χ1) is 11.7. The second-order valence-electron chi connectivity index (χ2n) is 6.43. The molecule has 2 aromatic rings. The Balaban J connectivity index is 1.76. The summed E-state index contributed by atoms with van der Waals surface area (Å²) in [6.45, 7) is 4.21. The first-order valence-electron chi connectivity index (χ1n) is 8.03. The first kappa shape index (κ1) is 17.4. The van der Waals surface area contributed by atoms with Crippen LogP contribution in [-0.4, -0.2) is 26.9 Å². The van der Waals surface area contributed by atoms with E-state index in [1.54, 1.807) is 12.1 Å². The maximum Gasteiger partial charge on any atom is 0.243 e. The fourth-order valence-corrected chi connectivity index (χ4v) is 3.65. The third-order valence-corrected chi connectivity index (χ3v) is 5.30. The number of nitrogens with one attached hydrogen (secondary N) is 1. The molecule has 132 valence electrons. The second-order valence-corrected chi connectivity index (χ2v) is 7.99. The number of amides is 1. The maximum atomic E-state index is 12.4. The molecular formula is C18H21N3O3S. The number of nitrogens with zero attached hydrogens (tertiary/aromatic N) is 1. The predicted octanol–water partition coefficient (Wildman–Crippen LogP) is 2.03. The van der Waals surface area contributed by atoms with Crippen molar-refractivity contribution in [2.45, 2.75) is 31.2 Å². The van der Waals surface area contributed by atoms with Gasteiger partial charge in [0.1, 0.15) is 0 Å². The van der Waals surface area contributed by atoms with Gasteiger partial charge in [0.2, 0.25) is 15.9 Å². The van der Waals surface area contributed by atoms with Crippen molar-refractivity contribution >= 4 is 27.3 Å². The molecule has 0 saturated heterocycles.